The number of amides is 1. The maximum atomic E-state index is 12.7. The van der Waals surface area contributed by atoms with Crippen LogP contribution in [0.25, 0.3) is 0 Å². The third-order valence-electron chi connectivity index (χ3n) is 5.19. The van der Waals surface area contributed by atoms with Gasteiger partial charge in [-0.15, -0.1) is 0 Å². The van der Waals surface area contributed by atoms with Gasteiger partial charge in [-0.25, -0.2) is 0 Å². The van der Waals surface area contributed by atoms with E-state index in [1.807, 2.05) is 23.1 Å². The highest BCUT2D eigenvalue weighted by atomic mass is 16.5. The summed E-state index contributed by atoms with van der Waals surface area (Å²) in [4.78, 5) is 14.7. The van der Waals surface area contributed by atoms with Crippen molar-refractivity contribution in [2.75, 3.05) is 20.2 Å². The van der Waals surface area contributed by atoms with Crippen molar-refractivity contribution in [3.63, 3.8) is 0 Å². The van der Waals surface area contributed by atoms with Crippen LogP contribution in [0.5, 0.6) is 5.75 Å². The lowest BCUT2D eigenvalue weighted by Gasteiger charge is -2.39. The van der Waals surface area contributed by atoms with Gasteiger partial charge < -0.3 is 14.4 Å². The molecule has 0 radical (unpaired) electrons. The highest BCUT2D eigenvalue weighted by Crippen LogP contribution is 2.44. The van der Waals surface area contributed by atoms with Crippen molar-refractivity contribution in [3.05, 3.63) is 65.2 Å². The highest BCUT2D eigenvalue weighted by molar-refractivity contribution is 5.94. The van der Waals surface area contributed by atoms with Crippen LogP contribution in [0.2, 0.25) is 0 Å². The third kappa shape index (κ3) is 2.47. The van der Waals surface area contributed by atoms with Crippen LogP contribution in [0.3, 0.4) is 0 Å². The van der Waals surface area contributed by atoms with Gasteiger partial charge in [0.25, 0.3) is 5.91 Å². The predicted molar refractivity (Wildman–Crippen MR) is 91.0 cm³/mol. The van der Waals surface area contributed by atoms with E-state index in [0.717, 1.165) is 12.8 Å². The van der Waals surface area contributed by atoms with Crippen LogP contribution in [-0.2, 0) is 16.9 Å². The molecule has 2 aliphatic heterocycles. The Labute approximate surface area is 142 Å². The molecule has 2 heterocycles. The number of carbonyl (C=O) groups excluding carboxylic acids is 1. The Balaban J connectivity index is 1.50. The molecule has 1 fully saturated rings. The van der Waals surface area contributed by atoms with Crippen molar-refractivity contribution in [2.24, 2.45) is 0 Å². The summed E-state index contributed by atoms with van der Waals surface area (Å²) >= 11 is 0. The average molecular weight is 323 g/mol. The molecule has 4 nitrogen and oxygen atoms in total. The molecule has 1 spiro atoms. The minimum atomic E-state index is -0.207. The molecule has 0 N–H and O–H groups in total. The molecular weight excluding hydrogens is 302 g/mol. The summed E-state index contributed by atoms with van der Waals surface area (Å²) in [6.07, 6.45) is 1.69. The van der Waals surface area contributed by atoms with Crippen LogP contribution in [-0.4, -0.2) is 31.0 Å². The minimum Gasteiger partial charge on any atom is -0.497 e. The smallest absolute Gasteiger partial charge is 0.253 e. The first-order valence-electron chi connectivity index (χ1n) is 8.37. The van der Waals surface area contributed by atoms with E-state index < -0.39 is 0 Å². The minimum absolute atomic E-state index is 0.0648. The molecular formula is C20H21NO3. The summed E-state index contributed by atoms with van der Waals surface area (Å²) in [5, 5.41) is 0. The van der Waals surface area contributed by atoms with Crippen molar-refractivity contribution in [1.82, 2.24) is 4.90 Å². The van der Waals surface area contributed by atoms with Gasteiger partial charge in [0.15, 0.2) is 0 Å². The highest BCUT2D eigenvalue weighted by Gasteiger charge is 2.43. The van der Waals surface area contributed by atoms with Crippen LogP contribution in [0, 0.1) is 0 Å². The fourth-order valence-corrected chi connectivity index (χ4v) is 3.81. The second-order valence-electron chi connectivity index (χ2n) is 6.46. The summed E-state index contributed by atoms with van der Waals surface area (Å²) in [5.74, 6) is 0.775. The molecule has 24 heavy (non-hydrogen) atoms. The van der Waals surface area contributed by atoms with Gasteiger partial charge >= 0.3 is 0 Å². The molecule has 0 aliphatic carbocycles. The number of benzene rings is 2. The number of ether oxygens (including phenoxy) is 2. The van der Waals surface area contributed by atoms with E-state index in [2.05, 4.69) is 24.3 Å². The Kier molecular flexibility index (Phi) is 3.77. The van der Waals surface area contributed by atoms with Crippen molar-refractivity contribution < 1.29 is 14.3 Å². The lowest BCUT2D eigenvalue weighted by molar-refractivity contribution is -0.0741. The maximum Gasteiger partial charge on any atom is 0.253 e. The van der Waals surface area contributed by atoms with Crippen LogP contribution < -0.4 is 4.74 Å². The van der Waals surface area contributed by atoms with Crippen LogP contribution >= 0.6 is 0 Å². The van der Waals surface area contributed by atoms with E-state index >= 15 is 0 Å². The first kappa shape index (κ1) is 15.2. The normalized spacial score (nSPS) is 18.5. The van der Waals surface area contributed by atoms with E-state index in [-0.39, 0.29) is 11.5 Å². The van der Waals surface area contributed by atoms with Gasteiger partial charge in [-0.05, 0) is 42.2 Å². The second kappa shape index (κ2) is 5.95. The SMILES string of the molecule is COc1cccc(C(=O)N2CCC3(CC2)OCc2ccccc23)c1. The number of hydrogen-bond acceptors (Lipinski definition) is 3. The quantitative estimate of drug-likeness (QED) is 0.851. The standard InChI is InChI=1S/C20H21NO3/c1-23-17-7-4-6-15(13-17)19(22)21-11-9-20(10-12-21)18-8-3-2-5-16(18)14-24-20/h2-8,13H,9-12,14H2,1H3. The Morgan fingerprint density at radius 3 is 2.71 bits per heavy atom. The molecule has 2 aromatic rings. The summed E-state index contributed by atoms with van der Waals surface area (Å²) in [7, 11) is 1.61. The lowest BCUT2D eigenvalue weighted by Crippen LogP contribution is -2.45. The number of fused-ring (bicyclic) bond motifs is 2. The van der Waals surface area contributed by atoms with Gasteiger partial charge in [-0.3, -0.25) is 4.79 Å². The van der Waals surface area contributed by atoms with Crippen molar-refractivity contribution in [1.29, 1.82) is 0 Å². The number of rotatable bonds is 2. The molecule has 1 saturated heterocycles. The molecule has 2 aliphatic rings. The number of likely N-dealkylation sites (tertiary alicyclic amines) is 1. The Hall–Kier alpha value is -2.33. The van der Waals surface area contributed by atoms with E-state index in [9.17, 15) is 4.79 Å². The lowest BCUT2D eigenvalue weighted by atomic mass is 9.83. The van der Waals surface area contributed by atoms with E-state index in [0.29, 0.717) is 31.0 Å². The molecule has 0 unspecified atom stereocenters. The van der Waals surface area contributed by atoms with Gasteiger partial charge in [0.1, 0.15) is 5.75 Å². The first-order valence-corrected chi connectivity index (χ1v) is 8.37. The average Bonchev–Trinajstić information content (AvgIpc) is 3.00. The number of hydrogen-bond donors (Lipinski definition) is 0. The third-order valence-corrected chi connectivity index (χ3v) is 5.19. The second-order valence-corrected chi connectivity index (χ2v) is 6.46. The maximum absolute atomic E-state index is 12.7. The van der Waals surface area contributed by atoms with Crippen LogP contribution in [0.15, 0.2) is 48.5 Å². The Morgan fingerprint density at radius 2 is 1.92 bits per heavy atom. The van der Waals surface area contributed by atoms with Crippen LogP contribution in [0.4, 0.5) is 0 Å². The molecule has 4 heteroatoms. The molecule has 0 saturated carbocycles. The zero-order chi connectivity index (χ0) is 16.6. The number of methoxy groups -OCH3 is 1. The van der Waals surface area contributed by atoms with E-state index in [4.69, 9.17) is 9.47 Å². The van der Waals surface area contributed by atoms with E-state index in [1.54, 1.807) is 13.2 Å². The predicted octanol–water partition coefficient (Wildman–Crippen LogP) is 3.36. The molecule has 1 amide bonds. The fourth-order valence-electron chi connectivity index (χ4n) is 3.81. The zero-order valence-electron chi connectivity index (χ0n) is 13.8. The molecule has 0 bridgehead atoms. The van der Waals surface area contributed by atoms with Gasteiger partial charge in [-0.1, -0.05) is 30.3 Å². The van der Waals surface area contributed by atoms with Gasteiger partial charge in [0, 0.05) is 18.7 Å². The van der Waals surface area contributed by atoms with Gasteiger partial charge in [-0.2, -0.15) is 0 Å². The summed E-state index contributed by atoms with van der Waals surface area (Å²) in [6, 6.07) is 15.8. The molecule has 0 aromatic heterocycles. The molecule has 0 atom stereocenters. The van der Waals surface area contributed by atoms with Crippen molar-refractivity contribution in [3.8, 4) is 5.75 Å². The molecule has 124 valence electrons. The number of nitrogens with zero attached hydrogens (tertiary/aromatic N) is 1. The van der Waals surface area contributed by atoms with Crippen molar-refractivity contribution >= 4 is 5.91 Å². The summed E-state index contributed by atoms with van der Waals surface area (Å²) in [6.45, 7) is 2.11. The van der Waals surface area contributed by atoms with Crippen LogP contribution in [0.1, 0.15) is 34.3 Å². The monoisotopic (exact) mass is 323 g/mol. The van der Waals surface area contributed by atoms with Gasteiger partial charge in [0.2, 0.25) is 0 Å². The topological polar surface area (TPSA) is 38.8 Å². The van der Waals surface area contributed by atoms with Gasteiger partial charge in [0.05, 0.1) is 19.3 Å². The zero-order valence-corrected chi connectivity index (χ0v) is 13.8. The Bertz CT molecular complexity index is 763. The Morgan fingerprint density at radius 1 is 1.12 bits per heavy atom. The summed E-state index contributed by atoms with van der Waals surface area (Å²) < 4.78 is 11.4. The fraction of sp³-hybridized carbons (Fsp3) is 0.350. The molecule has 4 rings (SSSR count). The van der Waals surface area contributed by atoms with E-state index in [1.165, 1.54) is 11.1 Å². The van der Waals surface area contributed by atoms with Crippen molar-refractivity contribution in [2.45, 2.75) is 25.0 Å². The largest absolute Gasteiger partial charge is 0.497 e. The summed E-state index contributed by atoms with van der Waals surface area (Å²) in [5.41, 5.74) is 3.06. The number of piperidine rings is 1. The molecule has 2 aromatic carbocycles. The number of carbonyl (C=O) groups is 1. The first-order chi connectivity index (χ1) is 11.7.